The lowest BCUT2D eigenvalue weighted by molar-refractivity contribution is -0.140. The van der Waals surface area contributed by atoms with Gasteiger partial charge in [-0.25, -0.2) is 4.98 Å². The van der Waals surface area contributed by atoms with Crippen molar-refractivity contribution < 1.29 is 14.3 Å². The normalized spacial score (nSPS) is 9.76. The van der Waals surface area contributed by atoms with Gasteiger partial charge in [-0.2, -0.15) is 0 Å². The number of amides is 1. The van der Waals surface area contributed by atoms with Gasteiger partial charge in [0, 0.05) is 18.3 Å². The molecule has 17 heavy (non-hydrogen) atoms. The van der Waals surface area contributed by atoms with E-state index in [0.29, 0.717) is 5.56 Å². The number of esters is 1. The van der Waals surface area contributed by atoms with Gasteiger partial charge >= 0.3 is 5.97 Å². The molecule has 1 amide bonds. The molecule has 0 saturated heterocycles. The summed E-state index contributed by atoms with van der Waals surface area (Å²) in [4.78, 5) is 26.6. The van der Waals surface area contributed by atoms with E-state index in [-0.39, 0.29) is 24.8 Å². The Morgan fingerprint density at radius 2 is 2.29 bits per heavy atom. The maximum absolute atomic E-state index is 11.7. The SMILES string of the molecule is COC(=O)CCNC(=O)c1ccnc(SC)c1. The zero-order valence-electron chi connectivity index (χ0n) is 9.73. The van der Waals surface area contributed by atoms with Gasteiger partial charge < -0.3 is 10.1 Å². The minimum absolute atomic E-state index is 0.169. The zero-order chi connectivity index (χ0) is 12.7. The molecule has 92 valence electrons. The Hall–Kier alpha value is -1.56. The van der Waals surface area contributed by atoms with Crippen molar-refractivity contribution in [2.45, 2.75) is 11.4 Å². The number of aromatic nitrogens is 1. The molecule has 0 bridgehead atoms. The van der Waals surface area contributed by atoms with E-state index in [1.807, 2.05) is 6.26 Å². The summed E-state index contributed by atoms with van der Waals surface area (Å²) in [6.07, 6.45) is 3.64. The van der Waals surface area contributed by atoms with E-state index >= 15 is 0 Å². The van der Waals surface area contributed by atoms with Gasteiger partial charge in [0.1, 0.15) is 0 Å². The molecule has 0 spiro atoms. The highest BCUT2D eigenvalue weighted by atomic mass is 32.2. The molecule has 0 aliphatic heterocycles. The van der Waals surface area contributed by atoms with Gasteiger partial charge in [-0.05, 0) is 18.4 Å². The Bertz CT molecular complexity index is 409. The van der Waals surface area contributed by atoms with E-state index in [1.54, 1.807) is 18.3 Å². The molecule has 1 aromatic heterocycles. The fraction of sp³-hybridized carbons (Fsp3) is 0.364. The first kappa shape index (κ1) is 13.5. The average molecular weight is 254 g/mol. The number of ether oxygens (including phenoxy) is 1. The minimum Gasteiger partial charge on any atom is -0.469 e. The van der Waals surface area contributed by atoms with Crippen LogP contribution in [0.15, 0.2) is 23.4 Å². The number of thioether (sulfide) groups is 1. The van der Waals surface area contributed by atoms with Crippen molar-refractivity contribution in [3.05, 3.63) is 23.9 Å². The number of nitrogens with one attached hydrogen (secondary N) is 1. The van der Waals surface area contributed by atoms with Crippen LogP contribution >= 0.6 is 11.8 Å². The highest BCUT2D eigenvalue weighted by Crippen LogP contribution is 2.12. The number of hydrogen-bond acceptors (Lipinski definition) is 5. The molecule has 1 aromatic rings. The van der Waals surface area contributed by atoms with E-state index < -0.39 is 0 Å². The number of carbonyl (C=O) groups is 2. The molecule has 0 aromatic carbocycles. The Balaban J connectivity index is 2.49. The molecular formula is C11H14N2O3S. The predicted molar refractivity (Wildman–Crippen MR) is 65.0 cm³/mol. The van der Waals surface area contributed by atoms with Crippen LogP contribution in [0.1, 0.15) is 16.8 Å². The number of pyridine rings is 1. The summed E-state index contributed by atoms with van der Waals surface area (Å²) in [5, 5.41) is 3.42. The lowest BCUT2D eigenvalue weighted by Gasteiger charge is -2.05. The standard InChI is InChI=1S/C11H14N2O3S/c1-16-10(14)4-6-13-11(15)8-3-5-12-9(7-8)17-2/h3,5,7H,4,6H2,1-2H3,(H,13,15). The van der Waals surface area contributed by atoms with Crippen molar-refractivity contribution in [2.75, 3.05) is 19.9 Å². The van der Waals surface area contributed by atoms with Gasteiger partial charge in [0.2, 0.25) is 0 Å². The van der Waals surface area contributed by atoms with E-state index in [1.165, 1.54) is 18.9 Å². The van der Waals surface area contributed by atoms with Gasteiger partial charge in [0.25, 0.3) is 5.91 Å². The molecule has 0 aliphatic carbocycles. The van der Waals surface area contributed by atoms with Crippen molar-refractivity contribution in [1.29, 1.82) is 0 Å². The average Bonchev–Trinajstić information content (AvgIpc) is 2.38. The summed E-state index contributed by atoms with van der Waals surface area (Å²) in [6, 6.07) is 3.34. The van der Waals surface area contributed by atoms with Crippen molar-refractivity contribution in [3.8, 4) is 0 Å². The summed E-state index contributed by atoms with van der Waals surface area (Å²) in [6.45, 7) is 0.266. The fourth-order valence-electron chi connectivity index (χ4n) is 1.14. The molecule has 0 fully saturated rings. The molecule has 1 heterocycles. The molecule has 6 heteroatoms. The van der Waals surface area contributed by atoms with Crippen molar-refractivity contribution in [2.24, 2.45) is 0 Å². The Morgan fingerprint density at radius 1 is 1.53 bits per heavy atom. The zero-order valence-corrected chi connectivity index (χ0v) is 10.5. The maximum Gasteiger partial charge on any atom is 0.307 e. The van der Waals surface area contributed by atoms with Crippen LogP contribution in [0.5, 0.6) is 0 Å². The Morgan fingerprint density at radius 3 is 2.94 bits per heavy atom. The number of hydrogen-bond donors (Lipinski definition) is 1. The molecule has 0 atom stereocenters. The molecule has 0 aliphatic rings. The van der Waals surface area contributed by atoms with Gasteiger partial charge in [-0.15, -0.1) is 11.8 Å². The number of methoxy groups -OCH3 is 1. The van der Waals surface area contributed by atoms with Gasteiger partial charge in [0.15, 0.2) is 0 Å². The third-order valence-electron chi connectivity index (χ3n) is 2.05. The molecule has 1 rings (SSSR count). The lowest BCUT2D eigenvalue weighted by Crippen LogP contribution is -2.26. The van der Waals surface area contributed by atoms with Crippen molar-refractivity contribution in [1.82, 2.24) is 10.3 Å². The first-order valence-electron chi connectivity index (χ1n) is 5.02. The molecule has 5 nitrogen and oxygen atoms in total. The molecule has 0 radical (unpaired) electrons. The highest BCUT2D eigenvalue weighted by molar-refractivity contribution is 7.98. The summed E-state index contributed by atoms with van der Waals surface area (Å²) < 4.78 is 4.47. The van der Waals surface area contributed by atoms with E-state index in [9.17, 15) is 9.59 Å². The second-order valence-corrected chi connectivity index (χ2v) is 4.00. The van der Waals surface area contributed by atoms with Crippen LogP contribution in [-0.2, 0) is 9.53 Å². The number of carbonyl (C=O) groups excluding carboxylic acids is 2. The Labute approximate surface area is 104 Å². The third kappa shape index (κ3) is 4.44. The van der Waals surface area contributed by atoms with Crippen LogP contribution in [0.4, 0.5) is 0 Å². The van der Waals surface area contributed by atoms with Crippen molar-refractivity contribution in [3.63, 3.8) is 0 Å². The largest absolute Gasteiger partial charge is 0.469 e. The second-order valence-electron chi connectivity index (χ2n) is 3.17. The van der Waals surface area contributed by atoms with Gasteiger partial charge in [-0.1, -0.05) is 0 Å². The van der Waals surface area contributed by atoms with Gasteiger partial charge in [-0.3, -0.25) is 9.59 Å². The van der Waals surface area contributed by atoms with Gasteiger partial charge in [0.05, 0.1) is 18.6 Å². The van der Waals surface area contributed by atoms with E-state index in [2.05, 4.69) is 15.0 Å². The third-order valence-corrected chi connectivity index (χ3v) is 2.69. The van der Waals surface area contributed by atoms with Crippen LogP contribution in [-0.4, -0.2) is 36.8 Å². The summed E-state index contributed by atoms with van der Waals surface area (Å²) in [5.74, 6) is -0.559. The van der Waals surface area contributed by atoms with Crippen LogP contribution < -0.4 is 5.32 Å². The van der Waals surface area contributed by atoms with Crippen LogP contribution in [0, 0.1) is 0 Å². The molecule has 0 unspecified atom stereocenters. The quantitative estimate of drug-likeness (QED) is 0.629. The van der Waals surface area contributed by atoms with Crippen LogP contribution in [0.2, 0.25) is 0 Å². The van der Waals surface area contributed by atoms with E-state index in [0.717, 1.165) is 5.03 Å². The van der Waals surface area contributed by atoms with Crippen LogP contribution in [0.25, 0.3) is 0 Å². The smallest absolute Gasteiger partial charge is 0.307 e. The van der Waals surface area contributed by atoms with E-state index in [4.69, 9.17) is 0 Å². The summed E-state index contributed by atoms with van der Waals surface area (Å²) >= 11 is 1.47. The number of rotatable bonds is 5. The van der Waals surface area contributed by atoms with Crippen LogP contribution in [0.3, 0.4) is 0 Å². The maximum atomic E-state index is 11.7. The number of nitrogens with zero attached hydrogens (tertiary/aromatic N) is 1. The lowest BCUT2D eigenvalue weighted by atomic mass is 10.2. The minimum atomic E-state index is -0.343. The summed E-state index contributed by atoms with van der Waals surface area (Å²) in [7, 11) is 1.32. The predicted octanol–water partition coefficient (Wildman–Crippen LogP) is 1.10. The topological polar surface area (TPSA) is 68.3 Å². The highest BCUT2D eigenvalue weighted by Gasteiger charge is 2.07. The Kier molecular flexibility index (Phi) is 5.48. The monoisotopic (exact) mass is 254 g/mol. The second kappa shape index (κ2) is 6.90. The fourth-order valence-corrected chi connectivity index (χ4v) is 1.56. The molecule has 1 N–H and O–H groups in total. The first-order chi connectivity index (χ1) is 8.17. The van der Waals surface area contributed by atoms with Crippen molar-refractivity contribution >= 4 is 23.6 Å². The summed E-state index contributed by atoms with van der Waals surface area (Å²) in [5.41, 5.74) is 0.536. The molecule has 0 saturated carbocycles. The first-order valence-corrected chi connectivity index (χ1v) is 6.25. The molecular weight excluding hydrogens is 240 g/mol.